The van der Waals surface area contributed by atoms with E-state index in [-0.39, 0.29) is 18.0 Å². The Labute approximate surface area is 118 Å². The van der Waals surface area contributed by atoms with E-state index in [1.807, 2.05) is 24.3 Å². The molecule has 0 amide bonds. The third-order valence-electron chi connectivity index (χ3n) is 3.21. The van der Waals surface area contributed by atoms with Crippen molar-refractivity contribution >= 4 is 21.7 Å². The molecular formula is C15H10BrFO2. The van der Waals surface area contributed by atoms with E-state index >= 15 is 0 Å². The molecule has 1 heterocycles. The quantitative estimate of drug-likeness (QED) is 0.783. The normalized spacial score (nSPS) is 16.8. The molecule has 2 aromatic carbocycles. The average Bonchev–Trinajstić information content (AvgIpc) is 2.84. The first-order valence-corrected chi connectivity index (χ1v) is 6.67. The van der Waals surface area contributed by atoms with Crippen LogP contribution in [-0.2, 0) is 0 Å². The zero-order chi connectivity index (χ0) is 13.4. The van der Waals surface area contributed by atoms with Crippen LogP contribution in [0, 0.1) is 5.82 Å². The second kappa shape index (κ2) is 4.78. The summed E-state index contributed by atoms with van der Waals surface area (Å²) in [6.45, 7) is 0.268. The highest BCUT2D eigenvalue weighted by molar-refractivity contribution is 9.10. The summed E-state index contributed by atoms with van der Waals surface area (Å²) in [6.07, 6.45) is 0. The Morgan fingerprint density at radius 1 is 1.26 bits per heavy atom. The first kappa shape index (κ1) is 12.4. The molecule has 19 heavy (non-hydrogen) atoms. The molecule has 96 valence electrons. The van der Waals surface area contributed by atoms with Gasteiger partial charge < -0.3 is 4.74 Å². The van der Waals surface area contributed by atoms with Gasteiger partial charge >= 0.3 is 0 Å². The van der Waals surface area contributed by atoms with Crippen LogP contribution < -0.4 is 4.74 Å². The lowest BCUT2D eigenvalue weighted by atomic mass is 9.92. The monoisotopic (exact) mass is 320 g/mol. The van der Waals surface area contributed by atoms with Crippen LogP contribution in [0.15, 0.2) is 46.9 Å². The first-order valence-electron chi connectivity index (χ1n) is 5.88. The number of hydrogen-bond acceptors (Lipinski definition) is 2. The van der Waals surface area contributed by atoms with Crippen molar-refractivity contribution in [2.75, 3.05) is 6.61 Å². The summed E-state index contributed by atoms with van der Waals surface area (Å²) in [6, 6.07) is 11.7. The summed E-state index contributed by atoms with van der Waals surface area (Å²) in [7, 11) is 0. The van der Waals surface area contributed by atoms with Crippen molar-refractivity contribution in [3.8, 4) is 5.75 Å². The van der Waals surface area contributed by atoms with Gasteiger partial charge in [-0.15, -0.1) is 0 Å². The van der Waals surface area contributed by atoms with Crippen molar-refractivity contribution in [1.82, 2.24) is 0 Å². The number of ether oxygens (including phenoxy) is 1. The summed E-state index contributed by atoms with van der Waals surface area (Å²) in [5, 5.41) is 0. The van der Waals surface area contributed by atoms with Crippen LogP contribution >= 0.6 is 15.9 Å². The molecule has 2 aromatic rings. The highest BCUT2D eigenvalue weighted by Crippen LogP contribution is 2.36. The van der Waals surface area contributed by atoms with Crippen molar-refractivity contribution in [2.45, 2.75) is 5.92 Å². The molecule has 1 aliphatic rings. The van der Waals surface area contributed by atoms with Gasteiger partial charge in [0.1, 0.15) is 18.2 Å². The van der Waals surface area contributed by atoms with Crippen molar-refractivity contribution in [2.24, 2.45) is 0 Å². The maximum Gasteiger partial charge on any atom is 0.176 e. The summed E-state index contributed by atoms with van der Waals surface area (Å²) in [5.41, 5.74) is 0.923. The van der Waals surface area contributed by atoms with E-state index in [0.717, 1.165) is 5.56 Å². The van der Waals surface area contributed by atoms with Gasteiger partial charge in [0.25, 0.3) is 0 Å². The minimum atomic E-state index is -0.502. The van der Waals surface area contributed by atoms with Crippen LogP contribution in [0.5, 0.6) is 5.75 Å². The molecule has 0 bridgehead atoms. The Kier molecular flexibility index (Phi) is 3.11. The lowest BCUT2D eigenvalue weighted by Gasteiger charge is -2.09. The zero-order valence-corrected chi connectivity index (χ0v) is 11.5. The number of carbonyl (C=O) groups excluding carboxylic acids is 1. The Hall–Kier alpha value is -1.68. The van der Waals surface area contributed by atoms with Gasteiger partial charge in [0.05, 0.1) is 11.5 Å². The average molecular weight is 321 g/mol. The fourth-order valence-electron chi connectivity index (χ4n) is 2.25. The summed E-state index contributed by atoms with van der Waals surface area (Å²) >= 11 is 3.25. The van der Waals surface area contributed by atoms with Crippen LogP contribution in [0.4, 0.5) is 4.39 Å². The number of ketones is 1. The first-order chi connectivity index (χ1) is 9.16. The minimum Gasteiger partial charge on any atom is -0.492 e. The Morgan fingerprint density at radius 2 is 2.05 bits per heavy atom. The Morgan fingerprint density at radius 3 is 2.89 bits per heavy atom. The van der Waals surface area contributed by atoms with Crippen molar-refractivity contribution in [3.05, 3.63) is 63.9 Å². The molecule has 0 radical (unpaired) electrons. The van der Waals surface area contributed by atoms with Gasteiger partial charge in [-0.2, -0.15) is 0 Å². The van der Waals surface area contributed by atoms with Gasteiger partial charge in [-0.05, 0) is 24.3 Å². The van der Waals surface area contributed by atoms with Crippen LogP contribution in [0.3, 0.4) is 0 Å². The van der Waals surface area contributed by atoms with Gasteiger partial charge in [-0.25, -0.2) is 4.39 Å². The molecule has 1 aliphatic heterocycles. The number of carbonyl (C=O) groups is 1. The molecule has 0 saturated heterocycles. The van der Waals surface area contributed by atoms with Gasteiger partial charge in [-0.3, -0.25) is 4.79 Å². The van der Waals surface area contributed by atoms with E-state index in [0.29, 0.717) is 10.2 Å². The van der Waals surface area contributed by atoms with Crippen molar-refractivity contribution < 1.29 is 13.9 Å². The third-order valence-corrected chi connectivity index (χ3v) is 3.70. The van der Waals surface area contributed by atoms with Crippen molar-refractivity contribution in [1.29, 1.82) is 0 Å². The van der Waals surface area contributed by atoms with Gasteiger partial charge in [0.2, 0.25) is 0 Å². The molecule has 4 heteroatoms. The molecule has 0 saturated carbocycles. The fourth-order valence-corrected chi connectivity index (χ4v) is 2.61. The lowest BCUT2D eigenvalue weighted by molar-refractivity contribution is 0.0943. The SMILES string of the molecule is O=C(c1cc(Br)ccc1F)C1COc2ccccc21. The van der Waals surface area contributed by atoms with Crippen LogP contribution in [0.2, 0.25) is 0 Å². The van der Waals surface area contributed by atoms with E-state index < -0.39 is 11.7 Å². The molecule has 0 N–H and O–H groups in total. The van der Waals surface area contributed by atoms with Crippen molar-refractivity contribution in [3.63, 3.8) is 0 Å². The molecule has 0 fully saturated rings. The Bertz CT molecular complexity index is 654. The highest BCUT2D eigenvalue weighted by Gasteiger charge is 2.32. The standard InChI is InChI=1S/C15H10BrFO2/c16-9-5-6-13(17)11(7-9)15(18)12-8-19-14-4-2-1-3-10(12)14/h1-7,12H,8H2. The molecule has 1 atom stereocenters. The maximum atomic E-state index is 13.8. The summed E-state index contributed by atoms with van der Waals surface area (Å²) in [5.74, 6) is -0.474. The minimum absolute atomic E-state index is 0.0969. The van der Waals surface area contributed by atoms with Gasteiger partial charge in [-0.1, -0.05) is 34.1 Å². The predicted octanol–water partition coefficient (Wildman–Crippen LogP) is 3.95. The second-order valence-corrected chi connectivity index (χ2v) is 5.31. The Balaban J connectivity index is 2.00. The zero-order valence-electron chi connectivity index (χ0n) is 9.90. The fraction of sp³-hybridized carbons (Fsp3) is 0.133. The number of halogens is 2. The van der Waals surface area contributed by atoms with Crippen LogP contribution in [0.1, 0.15) is 21.8 Å². The summed E-state index contributed by atoms with van der Waals surface area (Å²) in [4.78, 5) is 12.4. The van der Waals surface area contributed by atoms with E-state index in [9.17, 15) is 9.18 Å². The number of para-hydroxylation sites is 1. The molecule has 0 spiro atoms. The number of hydrogen-bond donors (Lipinski definition) is 0. The molecule has 2 nitrogen and oxygen atoms in total. The number of benzene rings is 2. The number of fused-ring (bicyclic) bond motifs is 1. The smallest absolute Gasteiger partial charge is 0.176 e. The lowest BCUT2D eigenvalue weighted by Crippen LogP contribution is -2.15. The van der Waals surface area contributed by atoms with E-state index in [1.54, 1.807) is 6.07 Å². The van der Waals surface area contributed by atoms with E-state index in [4.69, 9.17) is 4.74 Å². The van der Waals surface area contributed by atoms with Crippen LogP contribution in [0.25, 0.3) is 0 Å². The molecule has 3 rings (SSSR count). The van der Waals surface area contributed by atoms with Crippen LogP contribution in [-0.4, -0.2) is 12.4 Å². The van der Waals surface area contributed by atoms with Gasteiger partial charge in [0.15, 0.2) is 5.78 Å². The van der Waals surface area contributed by atoms with E-state index in [1.165, 1.54) is 12.1 Å². The third kappa shape index (κ3) is 2.16. The molecule has 1 unspecified atom stereocenters. The molecule has 0 aromatic heterocycles. The largest absolute Gasteiger partial charge is 0.492 e. The predicted molar refractivity (Wildman–Crippen MR) is 73.1 cm³/mol. The molecular weight excluding hydrogens is 311 g/mol. The second-order valence-electron chi connectivity index (χ2n) is 4.39. The summed E-state index contributed by atoms with van der Waals surface area (Å²) < 4.78 is 19.9. The van der Waals surface area contributed by atoms with Gasteiger partial charge in [0, 0.05) is 10.0 Å². The highest BCUT2D eigenvalue weighted by atomic mass is 79.9. The topological polar surface area (TPSA) is 26.3 Å². The number of rotatable bonds is 2. The molecule has 0 aliphatic carbocycles. The van der Waals surface area contributed by atoms with E-state index in [2.05, 4.69) is 15.9 Å². The number of Topliss-reactive ketones (excluding diaryl/α,β-unsaturated/α-hetero) is 1. The maximum absolute atomic E-state index is 13.8.